The normalized spacial score (nSPS) is 19.2. The highest BCUT2D eigenvalue weighted by atomic mass is 32.2. The molecule has 0 spiro atoms. The molecule has 0 radical (unpaired) electrons. The van der Waals surface area contributed by atoms with Gasteiger partial charge >= 0.3 is 16.5 Å². The number of ketones is 1. The second-order valence-electron chi connectivity index (χ2n) is 10.5. The number of alkyl halides is 3. The topological polar surface area (TPSA) is 149 Å². The van der Waals surface area contributed by atoms with Gasteiger partial charge in [-0.3, -0.25) is 8.98 Å². The van der Waals surface area contributed by atoms with Crippen LogP contribution in [0.15, 0.2) is 55.1 Å². The molecule has 0 unspecified atom stereocenters. The molecule has 1 fully saturated rings. The highest BCUT2D eigenvalue weighted by Crippen LogP contribution is 2.35. The van der Waals surface area contributed by atoms with E-state index >= 15 is 0 Å². The molecule has 2 aromatic carbocycles. The summed E-state index contributed by atoms with van der Waals surface area (Å²) in [5.74, 6) is -1.58. The molecule has 3 atom stereocenters. The lowest BCUT2D eigenvalue weighted by Gasteiger charge is -2.15. The fourth-order valence-electron chi connectivity index (χ4n) is 5.46. The summed E-state index contributed by atoms with van der Waals surface area (Å²) in [4.78, 5) is 22.0. The molecule has 0 aliphatic heterocycles. The number of nitrogens with two attached hydrogens (primary N) is 1. The zero-order chi connectivity index (χ0) is 31.1. The summed E-state index contributed by atoms with van der Waals surface area (Å²) >= 11 is 0. The number of aromatic nitrogens is 3. The van der Waals surface area contributed by atoms with Crippen LogP contribution in [0.3, 0.4) is 0 Å². The number of hydrogen-bond acceptors (Lipinski definition) is 8. The number of anilines is 1. The Bertz CT molecular complexity index is 1790. The quantitative estimate of drug-likeness (QED) is 0.188. The van der Waals surface area contributed by atoms with Gasteiger partial charge < -0.3 is 15.0 Å². The van der Waals surface area contributed by atoms with E-state index in [0.717, 1.165) is 6.07 Å². The number of carbonyl (C=O) groups excluding carboxylic acids is 1. The number of fused-ring (bicyclic) bond motifs is 1. The number of carbonyl (C=O) groups is 1. The van der Waals surface area contributed by atoms with Crippen LogP contribution >= 0.6 is 0 Å². The van der Waals surface area contributed by atoms with Crippen molar-refractivity contribution >= 4 is 32.8 Å². The van der Waals surface area contributed by atoms with Crippen molar-refractivity contribution in [2.24, 2.45) is 11.1 Å². The van der Waals surface area contributed by atoms with Crippen LogP contribution in [0.5, 0.6) is 0 Å². The lowest BCUT2D eigenvalue weighted by atomic mass is 10.0. The summed E-state index contributed by atoms with van der Waals surface area (Å²) < 4.78 is 83.4. The first-order chi connectivity index (χ1) is 20.2. The Balaban J connectivity index is 1.45. The molecule has 2 aromatic heterocycles. The minimum Gasteiger partial charge on any atom is -0.393 e. The molecular formula is C28H27F4N5O5S. The molecule has 1 aliphatic carbocycles. The van der Waals surface area contributed by atoms with Crippen molar-refractivity contribution < 1.29 is 40.1 Å². The number of nitrogens with zero attached hydrogens (tertiary/aromatic N) is 3. The van der Waals surface area contributed by atoms with E-state index in [1.54, 1.807) is 10.6 Å². The molecule has 2 heterocycles. The van der Waals surface area contributed by atoms with Crippen molar-refractivity contribution in [1.29, 1.82) is 0 Å². The van der Waals surface area contributed by atoms with Crippen LogP contribution in [0.1, 0.15) is 45.5 Å². The van der Waals surface area contributed by atoms with Gasteiger partial charge in [0.15, 0.2) is 5.78 Å². The second-order valence-corrected chi connectivity index (χ2v) is 11.7. The predicted molar refractivity (Wildman–Crippen MR) is 148 cm³/mol. The van der Waals surface area contributed by atoms with Crippen molar-refractivity contribution in [2.75, 3.05) is 11.9 Å². The standard InChI is InChI=1S/C28H27F4N5O5S/c1-15-16(3-2-4-23(15)28(30,31)32)11-37-12-22(20-8-18(29)5-6-24(20)37)26(39)21-10-34-14-35-27(21)36-19-7-17(25(38)9-19)13-42-43(33,40)41/h2-6,8,10,12,14,17,19,25,38H,7,9,11,13H2,1H3,(H2,33,40,41)(H,34,35,36)/t17-,19-,25+/m1/s1. The van der Waals surface area contributed by atoms with Crippen LogP contribution in [0.25, 0.3) is 10.9 Å². The molecule has 1 aliphatic rings. The van der Waals surface area contributed by atoms with Gasteiger partial charge in [0.25, 0.3) is 0 Å². The largest absolute Gasteiger partial charge is 0.416 e. The van der Waals surface area contributed by atoms with E-state index in [9.17, 15) is 35.9 Å². The van der Waals surface area contributed by atoms with E-state index in [1.807, 2.05) is 0 Å². The Morgan fingerprint density at radius 2 is 1.98 bits per heavy atom. The first kappa shape index (κ1) is 30.5. The van der Waals surface area contributed by atoms with E-state index in [0.29, 0.717) is 11.1 Å². The molecule has 5 rings (SSSR count). The third kappa shape index (κ3) is 6.69. The van der Waals surface area contributed by atoms with E-state index in [2.05, 4.69) is 19.5 Å². The van der Waals surface area contributed by atoms with Crippen molar-refractivity contribution in [3.8, 4) is 0 Å². The Hall–Kier alpha value is -3.92. The molecule has 0 saturated heterocycles. The molecule has 0 bridgehead atoms. The van der Waals surface area contributed by atoms with Gasteiger partial charge in [-0.2, -0.15) is 21.6 Å². The Morgan fingerprint density at radius 1 is 1.21 bits per heavy atom. The molecule has 228 valence electrons. The summed E-state index contributed by atoms with van der Waals surface area (Å²) in [5, 5.41) is 18.6. The van der Waals surface area contributed by atoms with Gasteiger partial charge in [0, 0.05) is 47.4 Å². The summed E-state index contributed by atoms with van der Waals surface area (Å²) in [6.45, 7) is 1.05. The number of aliphatic hydroxyl groups excluding tert-OH is 1. The molecule has 15 heteroatoms. The first-order valence-corrected chi connectivity index (χ1v) is 14.6. The van der Waals surface area contributed by atoms with Crippen LogP contribution in [0.2, 0.25) is 0 Å². The van der Waals surface area contributed by atoms with Crippen LogP contribution < -0.4 is 10.5 Å². The molecule has 4 N–H and O–H groups in total. The number of rotatable bonds is 9. The van der Waals surface area contributed by atoms with Gasteiger partial charge in [-0.1, -0.05) is 12.1 Å². The van der Waals surface area contributed by atoms with Crippen molar-refractivity contribution in [3.05, 3.63) is 88.8 Å². The summed E-state index contributed by atoms with van der Waals surface area (Å²) in [7, 11) is -4.19. The van der Waals surface area contributed by atoms with E-state index in [1.165, 1.54) is 49.9 Å². The average Bonchev–Trinajstić information content (AvgIpc) is 3.46. The monoisotopic (exact) mass is 621 g/mol. The van der Waals surface area contributed by atoms with Crippen molar-refractivity contribution in [3.63, 3.8) is 0 Å². The fraction of sp³-hybridized carbons (Fsp3) is 0.321. The van der Waals surface area contributed by atoms with Crippen molar-refractivity contribution in [2.45, 2.75) is 44.6 Å². The van der Waals surface area contributed by atoms with Crippen LogP contribution in [-0.4, -0.2) is 52.6 Å². The maximum Gasteiger partial charge on any atom is 0.416 e. The number of aliphatic hydroxyl groups is 1. The van der Waals surface area contributed by atoms with Gasteiger partial charge in [0.2, 0.25) is 0 Å². The Labute approximate surface area is 243 Å². The summed E-state index contributed by atoms with van der Waals surface area (Å²) in [6, 6.07) is 7.30. The van der Waals surface area contributed by atoms with Crippen LogP contribution in [-0.2, 0) is 27.2 Å². The lowest BCUT2D eigenvalue weighted by Crippen LogP contribution is -2.24. The molecule has 10 nitrogen and oxygen atoms in total. The minimum absolute atomic E-state index is 0.0104. The van der Waals surface area contributed by atoms with E-state index in [-0.39, 0.29) is 53.9 Å². The van der Waals surface area contributed by atoms with Gasteiger partial charge in [-0.05, 0) is 55.2 Å². The smallest absolute Gasteiger partial charge is 0.393 e. The minimum atomic E-state index is -4.54. The second kappa shape index (κ2) is 11.6. The molecule has 4 aromatic rings. The van der Waals surface area contributed by atoms with E-state index < -0.39 is 51.7 Å². The van der Waals surface area contributed by atoms with Crippen LogP contribution in [0, 0.1) is 18.7 Å². The maximum atomic E-state index is 14.4. The highest BCUT2D eigenvalue weighted by Gasteiger charge is 2.35. The number of hydrogen-bond donors (Lipinski definition) is 3. The number of benzene rings is 2. The van der Waals surface area contributed by atoms with E-state index in [4.69, 9.17) is 5.14 Å². The summed E-state index contributed by atoms with van der Waals surface area (Å²) in [6.07, 6.45) is -0.991. The number of nitrogens with one attached hydrogen (secondary N) is 1. The Morgan fingerprint density at radius 3 is 2.70 bits per heavy atom. The van der Waals surface area contributed by atoms with Gasteiger partial charge in [0.05, 0.1) is 23.8 Å². The van der Waals surface area contributed by atoms with Gasteiger partial charge in [0.1, 0.15) is 18.0 Å². The zero-order valence-electron chi connectivity index (χ0n) is 22.7. The zero-order valence-corrected chi connectivity index (χ0v) is 23.5. The lowest BCUT2D eigenvalue weighted by molar-refractivity contribution is -0.138. The highest BCUT2D eigenvalue weighted by molar-refractivity contribution is 7.84. The predicted octanol–water partition coefficient (Wildman–Crippen LogP) is 3.95. The summed E-state index contributed by atoms with van der Waals surface area (Å²) in [5.41, 5.74) is 0.214. The van der Waals surface area contributed by atoms with Crippen molar-refractivity contribution in [1.82, 2.24) is 14.5 Å². The fourth-order valence-corrected chi connectivity index (χ4v) is 5.82. The SMILES string of the molecule is Cc1c(Cn2cc(C(=O)c3cncnc3N[C@@H]3C[C@H](COS(N)(=O)=O)[C@@H](O)C3)c3cc(F)ccc32)cccc1C(F)(F)F. The third-order valence-corrected chi connectivity index (χ3v) is 8.05. The van der Waals surface area contributed by atoms with Gasteiger partial charge in [-0.15, -0.1) is 0 Å². The first-order valence-electron chi connectivity index (χ1n) is 13.1. The molecule has 1 saturated carbocycles. The number of halogens is 4. The Kier molecular flexibility index (Phi) is 8.26. The molecule has 43 heavy (non-hydrogen) atoms. The molecule has 0 amide bonds. The van der Waals surface area contributed by atoms with Gasteiger partial charge in [-0.25, -0.2) is 19.5 Å². The molecular weight excluding hydrogens is 594 g/mol. The maximum absolute atomic E-state index is 14.4. The van der Waals surface area contributed by atoms with Crippen LogP contribution in [0.4, 0.5) is 23.4 Å². The third-order valence-electron chi connectivity index (χ3n) is 7.58. The average molecular weight is 622 g/mol.